The fraction of sp³-hybridized carbons (Fsp3) is 0.0571. The Bertz CT molecular complexity index is 1630. The zero-order valence-corrected chi connectivity index (χ0v) is 20.5. The monoisotopic (exact) mass is 462 g/mol. The molecular weight excluding hydrogens is 436 g/mol. The van der Waals surface area contributed by atoms with Gasteiger partial charge in [0.2, 0.25) is 0 Å². The Hall–Kier alpha value is -4.49. The van der Waals surface area contributed by atoms with Crippen LogP contribution in [0.2, 0.25) is 0 Å². The first-order chi connectivity index (χ1) is 17.6. The second kappa shape index (κ2) is 8.94. The van der Waals surface area contributed by atoms with Gasteiger partial charge in [0.25, 0.3) is 0 Å². The number of carbonyl (C=O) groups excluding carboxylic acids is 1. The van der Waals surface area contributed by atoms with Crippen molar-refractivity contribution in [1.29, 1.82) is 0 Å². The lowest BCUT2D eigenvalue weighted by Crippen LogP contribution is -2.10. The molecule has 0 bridgehead atoms. The molecule has 0 saturated heterocycles. The Morgan fingerprint density at radius 1 is 0.417 bits per heavy atom. The van der Waals surface area contributed by atoms with E-state index in [0.29, 0.717) is 0 Å². The van der Waals surface area contributed by atoms with Crippen LogP contribution < -0.4 is 0 Å². The zero-order valence-electron chi connectivity index (χ0n) is 20.5. The lowest BCUT2D eigenvalue weighted by Gasteiger charge is -2.18. The Kier molecular flexibility index (Phi) is 5.47. The van der Waals surface area contributed by atoms with Gasteiger partial charge in [0.05, 0.1) is 0 Å². The van der Waals surface area contributed by atoms with Crippen molar-refractivity contribution in [1.82, 2.24) is 0 Å². The summed E-state index contributed by atoms with van der Waals surface area (Å²) in [6.45, 7) is 4.08. The number of aryl methyl sites for hydroxylation is 2. The van der Waals surface area contributed by atoms with Crippen molar-refractivity contribution in [3.63, 3.8) is 0 Å². The summed E-state index contributed by atoms with van der Waals surface area (Å²) in [6, 6.07) is 41.7. The van der Waals surface area contributed by atoms with Crippen LogP contribution >= 0.6 is 0 Å². The molecule has 172 valence electrons. The van der Waals surface area contributed by atoms with Crippen molar-refractivity contribution in [2.75, 3.05) is 0 Å². The molecule has 6 aromatic carbocycles. The molecule has 0 heterocycles. The molecule has 0 aliphatic rings. The van der Waals surface area contributed by atoms with Crippen LogP contribution in [0.25, 0.3) is 43.8 Å². The van der Waals surface area contributed by atoms with Gasteiger partial charge >= 0.3 is 0 Å². The Morgan fingerprint density at radius 3 is 1.25 bits per heavy atom. The van der Waals surface area contributed by atoms with Gasteiger partial charge in [0, 0.05) is 11.1 Å². The molecule has 0 fully saturated rings. The van der Waals surface area contributed by atoms with Crippen LogP contribution in [-0.2, 0) is 0 Å². The van der Waals surface area contributed by atoms with Gasteiger partial charge in [-0.15, -0.1) is 0 Å². The van der Waals surface area contributed by atoms with E-state index in [0.717, 1.165) is 55.3 Å². The van der Waals surface area contributed by atoms with Gasteiger partial charge in [0.1, 0.15) is 0 Å². The molecule has 1 heteroatoms. The standard InChI is InChI=1S/C35H26O/c1-23-11-7-21-31(29-19-9-15-25-13-3-5-17-27(25)29)33(23)35(36)34-24(2)12-8-22-32(34)30-20-10-16-26-14-4-6-18-28(26)30/h3-22H,1-2H3. The van der Waals surface area contributed by atoms with Crippen molar-refractivity contribution in [3.05, 3.63) is 144 Å². The first-order valence-electron chi connectivity index (χ1n) is 12.3. The van der Waals surface area contributed by atoms with Gasteiger partial charge in [-0.05, 0) is 68.8 Å². The second-order valence-corrected chi connectivity index (χ2v) is 9.38. The third-order valence-corrected chi connectivity index (χ3v) is 7.16. The van der Waals surface area contributed by atoms with Crippen LogP contribution in [0, 0.1) is 13.8 Å². The van der Waals surface area contributed by atoms with Crippen molar-refractivity contribution in [2.45, 2.75) is 13.8 Å². The molecule has 6 rings (SSSR count). The summed E-state index contributed by atoms with van der Waals surface area (Å²) in [5.74, 6) is 0.0667. The summed E-state index contributed by atoms with van der Waals surface area (Å²) in [5.41, 5.74) is 7.62. The first-order valence-corrected chi connectivity index (χ1v) is 12.3. The average molecular weight is 463 g/mol. The molecule has 6 aromatic rings. The number of hydrogen-bond acceptors (Lipinski definition) is 1. The lowest BCUT2D eigenvalue weighted by atomic mass is 9.84. The number of hydrogen-bond donors (Lipinski definition) is 0. The van der Waals surface area contributed by atoms with Gasteiger partial charge in [0.15, 0.2) is 5.78 Å². The highest BCUT2D eigenvalue weighted by molar-refractivity contribution is 6.19. The van der Waals surface area contributed by atoms with Crippen LogP contribution in [0.1, 0.15) is 27.0 Å². The van der Waals surface area contributed by atoms with E-state index in [9.17, 15) is 4.79 Å². The van der Waals surface area contributed by atoms with E-state index in [1.54, 1.807) is 0 Å². The number of fused-ring (bicyclic) bond motifs is 2. The molecule has 0 N–H and O–H groups in total. The number of ketones is 1. The Balaban J connectivity index is 1.61. The minimum Gasteiger partial charge on any atom is -0.289 e. The highest BCUT2D eigenvalue weighted by Crippen LogP contribution is 2.37. The summed E-state index contributed by atoms with van der Waals surface area (Å²) in [7, 11) is 0. The lowest BCUT2D eigenvalue weighted by molar-refractivity contribution is 0.103. The zero-order chi connectivity index (χ0) is 24.6. The fourth-order valence-corrected chi connectivity index (χ4v) is 5.43. The molecule has 0 unspecified atom stereocenters. The predicted molar refractivity (Wildman–Crippen MR) is 152 cm³/mol. The van der Waals surface area contributed by atoms with Crippen molar-refractivity contribution in [2.24, 2.45) is 0 Å². The van der Waals surface area contributed by atoms with E-state index in [1.165, 1.54) is 10.8 Å². The molecule has 1 nitrogen and oxygen atoms in total. The van der Waals surface area contributed by atoms with Gasteiger partial charge in [-0.25, -0.2) is 0 Å². The Morgan fingerprint density at radius 2 is 0.778 bits per heavy atom. The molecule has 0 aliphatic heterocycles. The SMILES string of the molecule is Cc1cccc(-c2cccc3ccccc23)c1C(=O)c1c(C)cccc1-c1cccc2ccccc12. The molecule has 0 saturated carbocycles. The molecule has 0 aromatic heterocycles. The molecular formula is C35H26O. The number of rotatable bonds is 4. The molecule has 0 spiro atoms. The van der Waals surface area contributed by atoms with Gasteiger partial charge < -0.3 is 0 Å². The van der Waals surface area contributed by atoms with Crippen LogP contribution in [0.15, 0.2) is 121 Å². The van der Waals surface area contributed by atoms with Crippen LogP contribution in [0.3, 0.4) is 0 Å². The van der Waals surface area contributed by atoms with E-state index in [-0.39, 0.29) is 5.78 Å². The summed E-state index contributed by atoms with van der Waals surface area (Å²) in [6.07, 6.45) is 0. The molecule has 0 radical (unpaired) electrons. The van der Waals surface area contributed by atoms with Gasteiger partial charge in [-0.2, -0.15) is 0 Å². The number of benzene rings is 6. The molecule has 0 amide bonds. The van der Waals surface area contributed by atoms with E-state index >= 15 is 0 Å². The van der Waals surface area contributed by atoms with E-state index < -0.39 is 0 Å². The van der Waals surface area contributed by atoms with E-state index in [2.05, 4.69) is 97.1 Å². The van der Waals surface area contributed by atoms with E-state index in [1.807, 2.05) is 38.1 Å². The maximum absolute atomic E-state index is 14.5. The molecule has 0 atom stereocenters. The summed E-state index contributed by atoms with van der Waals surface area (Å²) in [4.78, 5) is 14.5. The fourth-order valence-electron chi connectivity index (χ4n) is 5.43. The molecule has 36 heavy (non-hydrogen) atoms. The van der Waals surface area contributed by atoms with Crippen molar-refractivity contribution < 1.29 is 4.79 Å². The smallest absolute Gasteiger partial charge is 0.194 e. The highest BCUT2D eigenvalue weighted by atomic mass is 16.1. The van der Waals surface area contributed by atoms with Gasteiger partial charge in [-0.1, -0.05) is 121 Å². The highest BCUT2D eigenvalue weighted by Gasteiger charge is 2.23. The quantitative estimate of drug-likeness (QED) is 0.239. The minimum atomic E-state index is 0.0667. The van der Waals surface area contributed by atoms with Crippen molar-refractivity contribution in [3.8, 4) is 22.3 Å². The van der Waals surface area contributed by atoms with Crippen molar-refractivity contribution >= 4 is 27.3 Å². The predicted octanol–water partition coefficient (Wildman–Crippen LogP) is 9.17. The second-order valence-electron chi connectivity index (χ2n) is 9.38. The molecule has 0 aliphatic carbocycles. The topological polar surface area (TPSA) is 17.1 Å². The Labute approximate surface area is 211 Å². The first kappa shape index (κ1) is 22.0. The van der Waals surface area contributed by atoms with Crippen LogP contribution in [0.5, 0.6) is 0 Å². The summed E-state index contributed by atoms with van der Waals surface area (Å²) in [5, 5.41) is 4.64. The minimum absolute atomic E-state index is 0.0667. The third-order valence-electron chi connectivity index (χ3n) is 7.16. The summed E-state index contributed by atoms with van der Waals surface area (Å²) < 4.78 is 0. The normalized spacial score (nSPS) is 11.2. The third kappa shape index (κ3) is 3.61. The maximum Gasteiger partial charge on any atom is 0.194 e. The van der Waals surface area contributed by atoms with Crippen LogP contribution in [-0.4, -0.2) is 5.78 Å². The summed E-state index contributed by atoms with van der Waals surface area (Å²) >= 11 is 0. The maximum atomic E-state index is 14.5. The average Bonchev–Trinajstić information content (AvgIpc) is 2.92. The largest absolute Gasteiger partial charge is 0.289 e. The number of carbonyl (C=O) groups is 1. The van der Waals surface area contributed by atoms with E-state index in [4.69, 9.17) is 0 Å². The van der Waals surface area contributed by atoms with Crippen LogP contribution in [0.4, 0.5) is 0 Å². The van der Waals surface area contributed by atoms with Gasteiger partial charge in [-0.3, -0.25) is 4.79 Å².